The molecule has 1 aromatic rings. The van der Waals surface area contributed by atoms with Gasteiger partial charge in [-0.2, -0.15) is 0 Å². The van der Waals surface area contributed by atoms with E-state index in [9.17, 15) is 9.59 Å². The number of benzene rings is 1. The molecule has 0 spiro atoms. The predicted molar refractivity (Wildman–Crippen MR) is 73.9 cm³/mol. The number of likely N-dealkylation sites (tertiary alicyclic amines) is 1. The molecule has 0 aromatic heterocycles. The minimum absolute atomic E-state index is 0.158. The Balaban J connectivity index is 2.02. The van der Waals surface area contributed by atoms with Crippen molar-refractivity contribution in [1.29, 1.82) is 0 Å². The number of carboxylic acid groups (broad SMARTS) is 1. The monoisotopic (exact) mass is 275 g/mol. The molecule has 0 bridgehead atoms. The number of carboxylic acids is 1. The second-order valence-electron chi connectivity index (χ2n) is 4.73. The van der Waals surface area contributed by atoms with Crippen molar-refractivity contribution in [2.45, 2.75) is 12.3 Å². The third-order valence-corrected chi connectivity index (χ3v) is 3.38. The van der Waals surface area contributed by atoms with Gasteiger partial charge in [-0.15, -0.1) is 0 Å². The molecule has 0 radical (unpaired) electrons. The zero-order valence-electron chi connectivity index (χ0n) is 11.1. The quantitative estimate of drug-likeness (QED) is 0.857. The van der Waals surface area contributed by atoms with Crippen molar-refractivity contribution in [1.82, 2.24) is 4.90 Å². The highest BCUT2D eigenvalue weighted by Crippen LogP contribution is 2.28. The van der Waals surface area contributed by atoms with Crippen LogP contribution in [-0.2, 0) is 4.74 Å². The highest BCUT2D eigenvalue weighted by Gasteiger charge is 2.28. The molecule has 1 N–H and O–H groups in total. The number of carbonyl (C=O) groups excluding carboxylic acids is 1. The van der Waals surface area contributed by atoms with Gasteiger partial charge in [0, 0.05) is 19.0 Å². The first-order valence-electron chi connectivity index (χ1n) is 6.47. The fourth-order valence-electron chi connectivity index (χ4n) is 2.35. The van der Waals surface area contributed by atoms with Crippen LogP contribution >= 0.6 is 0 Å². The van der Waals surface area contributed by atoms with E-state index in [0.29, 0.717) is 13.1 Å². The van der Waals surface area contributed by atoms with E-state index >= 15 is 0 Å². The van der Waals surface area contributed by atoms with E-state index in [1.807, 2.05) is 6.07 Å². The molecule has 0 saturated carbocycles. The maximum absolute atomic E-state index is 11.7. The lowest BCUT2D eigenvalue weighted by molar-refractivity contribution is 0.0696. The first-order valence-corrected chi connectivity index (χ1v) is 6.47. The smallest absolute Gasteiger partial charge is 0.410 e. The van der Waals surface area contributed by atoms with E-state index in [1.54, 1.807) is 23.1 Å². The largest absolute Gasteiger partial charge is 0.478 e. The summed E-state index contributed by atoms with van der Waals surface area (Å²) in [5.74, 6) is -0.780. The van der Waals surface area contributed by atoms with E-state index < -0.39 is 5.97 Å². The number of amides is 1. The number of hydrogen-bond acceptors (Lipinski definition) is 3. The Bertz CT molecular complexity index is 526. The second kappa shape index (κ2) is 6.23. The van der Waals surface area contributed by atoms with Crippen LogP contribution in [0.15, 0.2) is 36.9 Å². The molecule has 1 fully saturated rings. The van der Waals surface area contributed by atoms with Gasteiger partial charge in [-0.25, -0.2) is 9.59 Å². The Morgan fingerprint density at radius 1 is 1.50 bits per heavy atom. The normalized spacial score (nSPS) is 17.8. The molecule has 2 rings (SSSR count). The molecule has 1 saturated heterocycles. The van der Waals surface area contributed by atoms with Crippen molar-refractivity contribution >= 4 is 12.1 Å². The molecule has 0 aliphatic carbocycles. The van der Waals surface area contributed by atoms with Crippen LogP contribution in [0.2, 0.25) is 0 Å². The summed E-state index contributed by atoms with van der Waals surface area (Å²) in [6.45, 7) is 4.88. The van der Waals surface area contributed by atoms with Gasteiger partial charge in [0.2, 0.25) is 0 Å². The Labute approximate surface area is 117 Å². The zero-order chi connectivity index (χ0) is 14.5. The van der Waals surface area contributed by atoms with Gasteiger partial charge in [0.1, 0.15) is 6.61 Å². The van der Waals surface area contributed by atoms with Crippen molar-refractivity contribution < 1.29 is 19.4 Å². The van der Waals surface area contributed by atoms with E-state index in [4.69, 9.17) is 9.84 Å². The van der Waals surface area contributed by atoms with E-state index in [2.05, 4.69) is 6.58 Å². The van der Waals surface area contributed by atoms with Crippen molar-refractivity contribution in [2.75, 3.05) is 19.7 Å². The first kappa shape index (κ1) is 14.1. The standard InChI is InChI=1S/C15H17NO4/c1-2-8-20-15(19)16-7-6-13(10-16)11-4-3-5-12(9-11)14(17)18/h2-5,9,13H,1,6-8,10H2,(H,17,18). The van der Waals surface area contributed by atoms with Gasteiger partial charge in [0.15, 0.2) is 0 Å². The average Bonchev–Trinajstić information content (AvgIpc) is 2.94. The summed E-state index contributed by atoms with van der Waals surface area (Å²) >= 11 is 0. The van der Waals surface area contributed by atoms with Crippen LogP contribution in [0.25, 0.3) is 0 Å². The van der Waals surface area contributed by atoms with Crippen molar-refractivity contribution in [3.05, 3.63) is 48.0 Å². The lowest BCUT2D eigenvalue weighted by Crippen LogP contribution is -2.29. The number of nitrogens with zero attached hydrogens (tertiary/aromatic N) is 1. The number of aromatic carboxylic acids is 1. The molecule has 5 nitrogen and oxygen atoms in total. The summed E-state index contributed by atoms with van der Waals surface area (Å²) in [5, 5.41) is 9.00. The highest BCUT2D eigenvalue weighted by atomic mass is 16.6. The molecule has 1 unspecified atom stereocenters. The zero-order valence-corrected chi connectivity index (χ0v) is 11.1. The van der Waals surface area contributed by atoms with Gasteiger partial charge < -0.3 is 14.7 Å². The van der Waals surface area contributed by atoms with E-state index in [1.165, 1.54) is 6.08 Å². The minimum Gasteiger partial charge on any atom is -0.478 e. The molecule has 20 heavy (non-hydrogen) atoms. The summed E-state index contributed by atoms with van der Waals surface area (Å²) in [5.41, 5.74) is 1.22. The minimum atomic E-state index is -0.938. The number of hydrogen-bond donors (Lipinski definition) is 1. The molecule has 1 aromatic carbocycles. The fourth-order valence-corrected chi connectivity index (χ4v) is 2.35. The van der Waals surface area contributed by atoms with Crippen molar-refractivity contribution in [3.63, 3.8) is 0 Å². The summed E-state index contributed by atoms with van der Waals surface area (Å²) < 4.78 is 5.00. The number of carbonyl (C=O) groups is 2. The molecule has 106 valence electrons. The topological polar surface area (TPSA) is 66.8 Å². The Kier molecular flexibility index (Phi) is 4.40. The summed E-state index contributed by atoms with van der Waals surface area (Å²) in [6, 6.07) is 6.87. The molecule has 1 aliphatic rings. The van der Waals surface area contributed by atoms with Crippen molar-refractivity contribution in [2.24, 2.45) is 0 Å². The SMILES string of the molecule is C=CCOC(=O)N1CCC(c2cccc(C(=O)O)c2)C1. The summed E-state index contributed by atoms with van der Waals surface area (Å²) in [6.07, 6.45) is 2.00. The second-order valence-corrected chi connectivity index (χ2v) is 4.73. The lowest BCUT2D eigenvalue weighted by atomic mass is 9.97. The Morgan fingerprint density at radius 2 is 2.30 bits per heavy atom. The van der Waals surface area contributed by atoms with E-state index in [-0.39, 0.29) is 24.2 Å². The maximum atomic E-state index is 11.7. The molecular formula is C15H17NO4. The number of ether oxygens (including phenoxy) is 1. The van der Waals surface area contributed by atoms with E-state index in [0.717, 1.165) is 12.0 Å². The van der Waals surface area contributed by atoms with Gasteiger partial charge >= 0.3 is 12.1 Å². The van der Waals surface area contributed by atoms with Gasteiger partial charge in [-0.1, -0.05) is 24.8 Å². The van der Waals surface area contributed by atoms with Crippen LogP contribution in [0.4, 0.5) is 4.79 Å². The number of rotatable bonds is 4. The molecule has 5 heteroatoms. The van der Waals surface area contributed by atoms with Gasteiger partial charge in [-0.05, 0) is 24.1 Å². The Morgan fingerprint density at radius 3 is 3.00 bits per heavy atom. The molecule has 1 heterocycles. The van der Waals surface area contributed by atoms with Crippen LogP contribution in [0, 0.1) is 0 Å². The van der Waals surface area contributed by atoms with Crippen LogP contribution in [0.5, 0.6) is 0 Å². The van der Waals surface area contributed by atoms with Crippen LogP contribution in [0.3, 0.4) is 0 Å². The van der Waals surface area contributed by atoms with Gasteiger partial charge in [0.05, 0.1) is 5.56 Å². The Hall–Kier alpha value is -2.30. The molecule has 1 atom stereocenters. The predicted octanol–water partition coefficient (Wildman–Crippen LogP) is 2.50. The molecule has 1 amide bonds. The summed E-state index contributed by atoms with van der Waals surface area (Å²) in [7, 11) is 0. The van der Waals surface area contributed by atoms with Crippen molar-refractivity contribution in [3.8, 4) is 0 Å². The fraction of sp³-hybridized carbons (Fsp3) is 0.333. The average molecular weight is 275 g/mol. The van der Waals surface area contributed by atoms with Gasteiger partial charge in [0.25, 0.3) is 0 Å². The lowest BCUT2D eigenvalue weighted by Gasteiger charge is -2.16. The first-order chi connectivity index (χ1) is 9.61. The van der Waals surface area contributed by atoms with Crippen LogP contribution in [0.1, 0.15) is 28.3 Å². The third kappa shape index (κ3) is 3.17. The van der Waals surface area contributed by atoms with Crippen LogP contribution in [-0.4, -0.2) is 41.8 Å². The summed E-state index contributed by atoms with van der Waals surface area (Å²) in [4.78, 5) is 24.3. The maximum Gasteiger partial charge on any atom is 0.410 e. The molecular weight excluding hydrogens is 258 g/mol. The third-order valence-electron chi connectivity index (χ3n) is 3.38. The van der Waals surface area contributed by atoms with Gasteiger partial charge in [-0.3, -0.25) is 0 Å². The molecule has 1 aliphatic heterocycles. The van der Waals surface area contributed by atoms with Crippen LogP contribution < -0.4 is 0 Å². The highest BCUT2D eigenvalue weighted by molar-refractivity contribution is 5.87.